The normalized spacial score (nSPS) is 17.1. The molecule has 19 heavy (non-hydrogen) atoms. The third-order valence-electron chi connectivity index (χ3n) is 4.36. The molecular weight excluding hydrogens is 228 g/mol. The van der Waals surface area contributed by atoms with Crippen molar-refractivity contribution in [1.82, 2.24) is 0 Å². The molecule has 1 atom stereocenters. The molecule has 0 heteroatoms. The van der Waals surface area contributed by atoms with Gasteiger partial charge in [-0.25, -0.2) is 0 Å². The smallest absolute Gasteiger partial charge is 0.00377 e. The predicted molar refractivity (Wildman–Crippen MR) is 84.4 cm³/mol. The molecule has 0 aromatic heterocycles. The van der Waals surface area contributed by atoms with Crippen LogP contribution in [0, 0.1) is 6.92 Å². The maximum absolute atomic E-state index is 4.30. The second kappa shape index (κ2) is 5.61. The molecule has 0 N–H and O–H groups in total. The summed E-state index contributed by atoms with van der Waals surface area (Å²) < 4.78 is 0. The molecule has 0 saturated carbocycles. The van der Waals surface area contributed by atoms with E-state index in [4.69, 9.17) is 0 Å². The highest BCUT2D eigenvalue weighted by atomic mass is 14.3. The van der Waals surface area contributed by atoms with Gasteiger partial charge in [0, 0.05) is 0 Å². The Morgan fingerprint density at radius 1 is 1.26 bits per heavy atom. The summed E-state index contributed by atoms with van der Waals surface area (Å²) in [5.74, 6) is 0. The first-order valence-electron chi connectivity index (χ1n) is 7.16. The lowest BCUT2D eigenvalue weighted by Crippen LogP contribution is -2.21. The highest BCUT2D eigenvalue weighted by molar-refractivity contribution is 5.40. The molecule has 1 unspecified atom stereocenters. The van der Waals surface area contributed by atoms with Crippen LogP contribution in [-0.2, 0) is 5.41 Å². The summed E-state index contributed by atoms with van der Waals surface area (Å²) in [6.45, 7) is 11.1. The van der Waals surface area contributed by atoms with Gasteiger partial charge in [-0.1, -0.05) is 74.1 Å². The van der Waals surface area contributed by atoms with Crippen LogP contribution in [0.3, 0.4) is 0 Å². The van der Waals surface area contributed by atoms with E-state index < -0.39 is 0 Å². The van der Waals surface area contributed by atoms with Crippen molar-refractivity contribution in [3.63, 3.8) is 0 Å². The summed E-state index contributed by atoms with van der Waals surface area (Å²) in [6, 6.07) is 8.96. The molecule has 0 saturated heterocycles. The van der Waals surface area contributed by atoms with Crippen molar-refractivity contribution in [2.24, 2.45) is 0 Å². The molecule has 0 spiro atoms. The molecule has 0 radical (unpaired) electrons. The van der Waals surface area contributed by atoms with Gasteiger partial charge in [-0.2, -0.15) is 0 Å². The maximum Gasteiger partial charge on any atom is -0.00377 e. The minimum atomic E-state index is 0.189. The molecule has 1 aliphatic carbocycles. The first-order valence-corrected chi connectivity index (χ1v) is 7.16. The van der Waals surface area contributed by atoms with Crippen LogP contribution in [-0.4, -0.2) is 0 Å². The summed E-state index contributed by atoms with van der Waals surface area (Å²) in [5, 5.41) is 0. The molecule has 0 bridgehead atoms. The average molecular weight is 252 g/mol. The number of aryl methyl sites for hydroxylation is 1. The second-order valence-electron chi connectivity index (χ2n) is 5.88. The lowest BCUT2D eigenvalue weighted by molar-refractivity contribution is 0.452. The number of hydrogen-bond acceptors (Lipinski definition) is 0. The zero-order valence-electron chi connectivity index (χ0n) is 12.4. The molecular formula is C19H24. The van der Waals surface area contributed by atoms with Gasteiger partial charge < -0.3 is 0 Å². The lowest BCUT2D eigenvalue weighted by Gasteiger charge is -2.30. The highest BCUT2D eigenvalue weighted by Crippen LogP contribution is 2.37. The van der Waals surface area contributed by atoms with E-state index in [1.807, 2.05) is 0 Å². The van der Waals surface area contributed by atoms with Gasteiger partial charge in [-0.15, -0.1) is 0 Å². The van der Waals surface area contributed by atoms with E-state index in [2.05, 4.69) is 69.8 Å². The van der Waals surface area contributed by atoms with E-state index in [1.165, 1.54) is 22.3 Å². The Bertz CT molecular complexity index is 513. The molecule has 1 aromatic carbocycles. The summed E-state index contributed by atoms with van der Waals surface area (Å²) in [4.78, 5) is 0. The number of rotatable bonds is 5. The third kappa shape index (κ3) is 3.07. The van der Waals surface area contributed by atoms with Crippen LogP contribution in [0.5, 0.6) is 0 Å². The predicted octanol–water partition coefficient (Wildman–Crippen LogP) is 5.50. The molecule has 1 aliphatic rings. The van der Waals surface area contributed by atoms with Crippen LogP contribution in [0.4, 0.5) is 0 Å². The molecule has 0 fully saturated rings. The van der Waals surface area contributed by atoms with Gasteiger partial charge in [0.25, 0.3) is 0 Å². The van der Waals surface area contributed by atoms with E-state index in [9.17, 15) is 0 Å². The summed E-state index contributed by atoms with van der Waals surface area (Å²) >= 11 is 0. The van der Waals surface area contributed by atoms with Crippen molar-refractivity contribution in [3.8, 4) is 0 Å². The lowest BCUT2D eigenvalue weighted by atomic mass is 9.74. The fourth-order valence-corrected chi connectivity index (χ4v) is 2.68. The number of allylic oxidation sites excluding steroid dienone is 5. The molecule has 2 rings (SSSR count). The van der Waals surface area contributed by atoms with Gasteiger partial charge in [-0.3, -0.25) is 0 Å². The minimum Gasteiger partial charge on any atom is -0.0955 e. The SMILES string of the molecule is C=C(CC(C)(CC)c1ccc(C)cc1)C1=CC=CC1. The Balaban J connectivity index is 2.18. The van der Waals surface area contributed by atoms with E-state index in [1.54, 1.807) is 0 Å². The molecule has 0 aliphatic heterocycles. The highest BCUT2D eigenvalue weighted by Gasteiger charge is 2.26. The quantitative estimate of drug-likeness (QED) is 0.649. The summed E-state index contributed by atoms with van der Waals surface area (Å²) in [5.41, 5.74) is 5.62. The fourth-order valence-electron chi connectivity index (χ4n) is 2.68. The van der Waals surface area contributed by atoms with E-state index in [-0.39, 0.29) is 5.41 Å². The van der Waals surface area contributed by atoms with E-state index in [0.717, 1.165) is 19.3 Å². The number of hydrogen-bond donors (Lipinski definition) is 0. The van der Waals surface area contributed by atoms with Gasteiger partial charge in [-0.05, 0) is 42.7 Å². The van der Waals surface area contributed by atoms with Gasteiger partial charge in [0.15, 0.2) is 0 Å². The Labute approximate surface area is 117 Å². The largest absolute Gasteiger partial charge is 0.0955 e. The van der Waals surface area contributed by atoms with Gasteiger partial charge in [0.2, 0.25) is 0 Å². The summed E-state index contributed by atoms with van der Waals surface area (Å²) in [6.07, 6.45) is 9.77. The molecule has 0 nitrogen and oxygen atoms in total. The Hall–Kier alpha value is -1.56. The van der Waals surface area contributed by atoms with Crippen LogP contribution in [0.1, 0.15) is 44.2 Å². The Morgan fingerprint density at radius 2 is 1.95 bits per heavy atom. The van der Waals surface area contributed by atoms with Crippen molar-refractivity contribution in [2.75, 3.05) is 0 Å². The van der Waals surface area contributed by atoms with Crippen LogP contribution < -0.4 is 0 Å². The molecule has 100 valence electrons. The minimum absolute atomic E-state index is 0.189. The van der Waals surface area contributed by atoms with Crippen molar-refractivity contribution in [1.29, 1.82) is 0 Å². The van der Waals surface area contributed by atoms with Gasteiger partial charge >= 0.3 is 0 Å². The average Bonchev–Trinajstić information content (AvgIpc) is 2.93. The van der Waals surface area contributed by atoms with Crippen molar-refractivity contribution >= 4 is 0 Å². The first kappa shape index (κ1) is 13.9. The molecule has 0 amide bonds. The second-order valence-corrected chi connectivity index (χ2v) is 5.88. The maximum atomic E-state index is 4.30. The van der Waals surface area contributed by atoms with Crippen LogP contribution in [0.25, 0.3) is 0 Å². The van der Waals surface area contributed by atoms with E-state index in [0.29, 0.717) is 0 Å². The zero-order valence-corrected chi connectivity index (χ0v) is 12.4. The molecule has 0 heterocycles. The molecule has 1 aromatic rings. The standard InChI is InChI=1S/C19H24/c1-5-19(4,18-12-10-15(2)11-13-18)14-16(3)17-8-6-7-9-17/h6-8,10-13H,3,5,9,14H2,1-2,4H3. The van der Waals surface area contributed by atoms with Crippen molar-refractivity contribution < 1.29 is 0 Å². The Morgan fingerprint density at radius 3 is 2.47 bits per heavy atom. The zero-order chi connectivity index (χ0) is 13.9. The van der Waals surface area contributed by atoms with Crippen molar-refractivity contribution in [2.45, 2.75) is 45.4 Å². The van der Waals surface area contributed by atoms with Crippen LogP contribution >= 0.6 is 0 Å². The van der Waals surface area contributed by atoms with E-state index >= 15 is 0 Å². The Kier molecular flexibility index (Phi) is 4.09. The summed E-state index contributed by atoms with van der Waals surface area (Å²) in [7, 11) is 0. The van der Waals surface area contributed by atoms with Crippen LogP contribution in [0.15, 0.2) is 60.2 Å². The fraction of sp³-hybridized carbons (Fsp3) is 0.368. The van der Waals surface area contributed by atoms with Gasteiger partial charge in [0.05, 0.1) is 0 Å². The van der Waals surface area contributed by atoms with Crippen molar-refractivity contribution in [3.05, 3.63) is 71.3 Å². The number of benzene rings is 1. The first-order chi connectivity index (χ1) is 9.05. The third-order valence-corrected chi connectivity index (χ3v) is 4.36. The van der Waals surface area contributed by atoms with Crippen LogP contribution in [0.2, 0.25) is 0 Å². The topological polar surface area (TPSA) is 0 Å². The monoisotopic (exact) mass is 252 g/mol. The van der Waals surface area contributed by atoms with Gasteiger partial charge in [0.1, 0.15) is 0 Å².